The number of carbonyl (C=O) groups is 23. The van der Waals surface area contributed by atoms with E-state index in [2.05, 4.69) is 81.0 Å². The fourth-order valence-corrected chi connectivity index (χ4v) is 13.7. The number of unbranched alkanes of at least 4 members (excludes halogenated alkanes) is 6. The van der Waals surface area contributed by atoms with Gasteiger partial charge in [-0.2, -0.15) is 0 Å². The Kier molecular flexibility index (Phi) is 46.1. The Morgan fingerprint density at radius 1 is 0.493 bits per heavy atom. The molecule has 1 aromatic heterocycles. The van der Waals surface area contributed by atoms with Crippen molar-refractivity contribution in [1.82, 2.24) is 90.1 Å². The number of aromatic amines is 1. The molecule has 742 valence electrons. The number of hydrogen-bond donors (Lipinski definition) is 26. The number of primary amides is 1. The number of hydrogen-bond acceptors (Lipinski definition) is 28. The molecule has 0 aliphatic carbocycles. The Bertz CT molecular complexity index is 5010. The zero-order valence-corrected chi connectivity index (χ0v) is 74.9. The Morgan fingerprint density at radius 2 is 1.03 bits per heavy atom. The molecule has 1 fully saturated rings. The molecule has 0 radical (unpaired) electrons. The largest absolute Gasteiger partial charge is 0.504 e. The summed E-state index contributed by atoms with van der Waals surface area (Å²) in [5.74, 6) is -34.2. The van der Waals surface area contributed by atoms with Crippen LogP contribution in [0.3, 0.4) is 0 Å². The van der Waals surface area contributed by atoms with Crippen LogP contribution in [0, 0.1) is 5.92 Å². The maximum atomic E-state index is 15.0. The zero-order valence-electron chi connectivity index (χ0n) is 74.9. The number of Topliss-reactive ketones (excluding diaryl/α,β-unsaturated/α-hetero) is 1. The summed E-state index contributed by atoms with van der Waals surface area (Å²) >= 11 is 0. The van der Waals surface area contributed by atoms with Crippen LogP contribution in [0.1, 0.15) is 176 Å². The predicted octanol–water partition coefficient (Wildman–Crippen LogP) is -5.34. The number of nitrogens with two attached hydrogens (primary N) is 2. The van der Waals surface area contributed by atoms with Gasteiger partial charge in [-0.3, -0.25) is 105 Å². The molecule has 1 aliphatic heterocycles. The Hall–Kier alpha value is -15.4. The van der Waals surface area contributed by atoms with Gasteiger partial charge in [-0.25, -0.2) is 4.79 Å². The number of phenols is 2. The topological polar surface area (TPSA) is 804 Å². The number of carbonyl (C=O) groups excluding carboxylic acids is 19. The molecule has 1 saturated heterocycles. The van der Waals surface area contributed by atoms with Gasteiger partial charge in [0.1, 0.15) is 72.6 Å². The standard InChI is InChI=1S/C86H117N19O31/c1-5-6-7-8-9-10-11-26-65(112)97-53(33-46-39-92-51-23-15-13-19-47(46)51)80(129)100-54(35-62(88)109)81(130)102-57(38-71(121)122)82(131)105-73-45(4)136-86(135)58(34-61(108)48-20-12-14-22-50(48)87)103-85(134)72(43(2)32-68(115)116)104-83(132)59(42-106)98-67(114)40-93-77(126)55(36-69(117)118)99-75(124)44(3)95-79(128)56(37-70(119)120)101-78(127)52(96-66(113)41-94-84(73)133)24-17-29-89-63(110)27-28-64(111)90-30-18-31-91-76(125)49-21-16-25-60(107)74(49)123/h12-16,19-23,25,39,43-45,52-59,72-73,92,106-107,123H,5-11,17-18,24,26-38,40-42,87H2,1-4H3,(H2,88,109)(H,89,110)(H,90,111)(H,91,125)(H,93,126)(H,94,133)(H,95,128)(H,96,113)(H,97,112)(H,98,114)(H,99,124)(H,100,129)(H,101,127)(H,102,130)(H,103,134)(H,104,132)(H,105,131)(H,115,116)(H,117,118)(H,119,120)(H,121,122)/t43?,44-,45-,52+,53+,54-,55+,56+,57+,58+,59-,72+,73+/m1/s1. The number of cyclic esters (lactones) is 1. The number of anilines is 1. The number of rotatable bonds is 44. The first-order valence-corrected chi connectivity index (χ1v) is 43.5. The van der Waals surface area contributed by atoms with Crippen LogP contribution in [0.15, 0.2) is 72.9 Å². The van der Waals surface area contributed by atoms with Gasteiger partial charge in [0.25, 0.3) is 5.91 Å². The van der Waals surface area contributed by atoms with Crippen LogP contribution in [-0.2, 0) is 112 Å². The third-order valence-corrected chi connectivity index (χ3v) is 21.0. The number of esters is 1. The molecule has 1 aliphatic rings. The van der Waals surface area contributed by atoms with E-state index in [4.69, 9.17) is 16.2 Å². The first kappa shape index (κ1) is 111. The fraction of sp³-hybridized carbons (Fsp3) is 0.500. The van der Waals surface area contributed by atoms with Gasteiger partial charge in [0.15, 0.2) is 17.3 Å². The molecule has 50 heteroatoms. The number of aromatic nitrogens is 1. The molecule has 0 bridgehead atoms. The number of ketones is 1. The number of amides is 17. The van der Waals surface area contributed by atoms with Gasteiger partial charge in [0, 0.05) is 80.1 Å². The third-order valence-electron chi connectivity index (χ3n) is 21.0. The summed E-state index contributed by atoms with van der Waals surface area (Å²) < 4.78 is 5.72. The van der Waals surface area contributed by atoms with E-state index in [0.29, 0.717) is 29.3 Å². The Balaban J connectivity index is 1.59. The maximum absolute atomic E-state index is 15.0. The highest BCUT2D eigenvalue weighted by atomic mass is 16.5. The monoisotopic (exact) mass is 1910 g/mol. The lowest BCUT2D eigenvalue weighted by atomic mass is 9.96. The second kappa shape index (κ2) is 56.4. The molecule has 0 saturated carbocycles. The van der Waals surface area contributed by atoms with E-state index in [-0.39, 0.29) is 62.1 Å². The smallest absolute Gasteiger partial charge is 0.329 e. The van der Waals surface area contributed by atoms with E-state index in [1.807, 2.05) is 16.0 Å². The van der Waals surface area contributed by atoms with E-state index in [1.165, 1.54) is 36.4 Å². The number of carboxylic acids is 4. The van der Waals surface area contributed by atoms with E-state index >= 15 is 9.59 Å². The number of phenolic OH excluding ortho intramolecular Hbond substituents is 2. The van der Waals surface area contributed by atoms with Crippen molar-refractivity contribution in [3.63, 3.8) is 0 Å². The summed E-state index contributed by atoms with van der Waals surface area (Å²) in [4.78, 5) is 318. The SMILES string of the molecule is CCCCCCCCCC(=O)N[C@@H](Cc1c[nH]c2ccccc12)C(=O)N[C@H](CC(N)=O)C(=O)N[C@@H](CC(=O)O)C(=O)N[C@@H]1C(=O)NCC(=O)N[C@@H](CCCNC(=O)CCC(=O)NCCCNC(=O)c2cccc(O)c2O)C(=O)N[C@@H](CC(=O)O)C(=O)N[C@H](C)C(=O)N[C@@H](CC(=O)O)C(=O)NCC(=O)N[C@H](CO)C(=O)N[C@@H](C(C)CC(=O)O)C(=O)N[C@@H](CC(=O)c2ccccc2N)C(=O)O[C@@H]1C. The minimum absolute atomic E-state index is 0.0113. The van der Waals surface area contributed by atoms with Gasteiger partial charge in [-0.1, -0.05) is 88.8 Å². The van der Waals surface area contributed by atoms with Gasteiger partial charge in [0.05, 0.1) is 57.4 Å². The highest BCUT2D eigenvalue weighted by molar-refractivity contribution is 6.06. The quantitative estimate of drug-likeness (QED) is 0.00646. The number of aliphatic carboxylic acids is 4. The molecular formula is C86H117N19O31. The first-order chi connectivity index (χ1) is 64.4. The number of carboxylic acid groups (broad SMARTS) is 4. The van der Waals surface area contributed by atoms with Crippen LogP contribution < -0.4 is 96.5 Å². The average Bonchev–Trinajstić information content (AvgIpc) is 1.64. The van der Waals surface area contributed by atoms with Crippen molar-refractivity contribution in [1.29, 1.82) is 0 Å². The highest BCUT2D eigenvalue weighted by Crippen LogP contribution is 2.28. The van der Waals surface area contributed by atoms with Crippen LogP contribution in [0.5, 0.6) is 11.5 Å². The summed E-state index contributed by atoms with van der Waals surface area (Å²) in [6.07, 6.45) is -4.16. The minimum atomic E-state index is -2.54. The summed E-state index contributed by atoms with van der Waals surface area (Å²) in [6.45, 7) is 0.568. The van der Waals surface area contributed by atoms with E-state index < -0.39 is 304 Å². The van der Waals surface area contributed by atoms with Crippen LogP contribution >= 0.6 is 0 Å². The van der Waals surface area contributed by atoms with Crippen LogP contribution in [0.2, 0.25) is 0 Å². The number of aliphatic hydroxyl groups is 1. The molecule has 17 amide bonds. The van der Waals surface area contributed by atoms with E-state index in [9.17, 15) is 136 Å². The van der Waals surface area contributed by atoms with Crippen molar-refractivity contribution in [2.75, 3.05) is 45.1 Å². The summed E-state index contributed by atoms with van der Waals surface area (Å²) in [7, 11) is 0. The average molecular weight is 1910 g/mol. The fourth-order valence-electron chi connectivity index (χ4n) is 13.7. The van der Waals surface area contributed by atoms with E-state index in [1.54, 1.807) is 30.5 Å². The Morgan fingerprint density at radius 3 is 1.65 bits per heavy atom. The molecule has 50 nitrogen and oxygen atoms in total. The molecule has 3 aromatic carbocycles. The van der Waals surface area contributed by atoms with Gasteiger partial charge in [-0.05, 0) is 81.3 Å². The Labute approximate surface area is 776 Å². The summed E-state index contributed by atoms with van der Waals surface area (Å²) in [5.41, 5.74) is 12.1. The van der Waals surface area contributed by atoms with E-state index in [0.717, 1.165) is 58.9 Å². The second-order valence-corrected chi connectivity index (χ2v) is 31.9. The minimum Gasteiger partial charge on any atom is -0.504 e. The van der Waals surface area contributed by atoms with Crippen molar-refractivity contribution >= 4 is 153 Å². The van der Waals surface area contributed by atoms with Crippen molar-refractivity contribution in [2.45, 2.75) is 229 Å². The van der Waals surface area contributed by atoms with Crippen LogP contribution in [-0.4, -0.2) is 289 Å². The first-order valence-electron chi connectivity index (χ1n) is 43.5. The normalized spacial score (nSPS) is 19.6. The lowest BCUT2D eigenvalue weighted by Gasteiger charge is -2.30. The van der Waals surface area contributed by atoms with Gasteiger partial charge < -0.3 is 142 Å². The lowest BCUT2D eigenvalue weighted by Crippen LogP contribution is -2.62. The lowest BCUT2D eigenvalue weighted by molar-refractivity contribution is -0.156. The summed E-state index contributed by atoms with van der Waals surface area (Å²) in [6, 6.07) is -7.86. The number of benzene rings is 3. The molecule has 1 unspecified atom stereocenters. The maximum Gasteiger partial charge on any atom is 0.329 e. The van der Waals surface area contributed by atoms with Gasteiger partial charge >= 0.3 is 29.8 Å². The molecule has 13 atom stereocenters. The van der Waals surface area contributed by atoms with Gasteiger partial charge in [-0.15, -0.1) is 0 Å². The third kappa shape index (κ3) is 38.4. The molecule has 28 N–H and O–H groups in total. The van der Waals surface area contributed by atoms with Crippen molar-refractivity contribution in [2.24, 2.45) is 11.7 Å². The van der Waals surface area contributed by atoms with Crippen molar-refractivity contribution in [3.8, 4) is 11.5 Å². The number of aliphatic hydroxyl groups excluding tert-OH is 1. The molecule has 2 heterocycles. The van der Waals surface area contributed by atoms with Crippen LogP contribution in [0.25, 0.3) is 10.9 Å². The molecular weight excluding hydrogens is 1800 g/mol. The van der Waals surface area contributed by atoms with Crippen molar-refractivity contribution < 1.29 is 151 Å². The molecule has 4 aromatic rings. The number of ether oxygens (including phenoxy) is 1. The number of aromatic hydroxyl groups is 2. The predicted molar refractivity (Wildman–Crippen MR) is 473 cm³/mol. The molecule has 136 heavy (non-hydrogen) atoms. The number of para-hydroxylation sites is 3. The second-order valence-electron chi connectivity index (χ2n) is 31.9. The molecule has 5 rings (SSSR count). The highest BCUT2D eigenvalue weighted by Gasteiger charge is 2.42. The number of nitrogen functional groups attached to an aromatic ring is 1. The zero-order chi connectivity index (χ0) is 101. The van der Waals surface area contributed by atoms with Gasteiger partial charge in [0.2, 0.25) is 94.5 Å². The molecule has 0 spiro atoms. The number of nitrogens with one attached hydrogen (secondary N) is 17. The number of H-pyrrole nitrogens is 1. The summed E-state index contributed by atoms with van der Waals surface area (Å²) in [5, 5.41) is 106. The van der Waals surface area contributed by atoms with Crippen molar-refractivity contribution in [3.05, 3.63) is 89.6 Å². The number of fused-ring (bicyclic) bond motifs is 1. The van der Waals surface area contributed by atoms with Crippen LogP contribution in [0.4, 0.5) is 5.69 Å².